The lowest BCUT2D eigenvalue weighted by Crippen LogP contribution is -2.33. The van der Waals surface area contributed by atoms with E-state index in [0.717, 1.165) is 0 Å². The number of nitrogens with one attached hydrogen (secondary N) is 2. The number of anilines is 1. The van der Waals surface area contributed by atoms with E-state index in [1.54, 1.807) is 0 Å². The summed E-state index contributed by atoms with van der Waals surface area (Å²) in [6.07, 6.45) is 0.655. The molecular formula is C9H10N2O5S. The second kappa shape index (κ2) is 5.41. The van der Waals surface area contributed by atoms with Gasteiger partial charge in [0.05, 0.1) is 0 Å². The predicted molar refractivity (Wildman–Crippen MR) is 60.4 cm³/mol. The van der Waals surface area contributed by atoms with Crippen LogP contribution >= 0.6 is 0 Å². The van der Waals surface area contributed by atoms with Gasteiger partial charge in [-0.05, 0) is 24.3 Å². The van der Waals surface area contributed by atoms with Gasteiger partial charge in [-0.2, -0.15) is 8.42 Å². The second-order valence-electron chi connectivity index (χ2n) is 3.10. The molecule has 0 aromatic heterocycles. The van der Waals surface area contributed by atoms with E-state index in [1.807, 2.05) is 5.32 Å². The number of aldehydes is 1. The first-order chi connectivity index (χ1) is 7.90. The van der Waals surface area contributed by atoms with E-state index in [2.05, 4.69) is 5.32 Å². The van der Waals surface area contributed by atoms with Gasteiger partial charge in [0.1, 0.15) is 12.2 Å². The zero-order chi connectivity index (χ0) is 12.9. The fraction of sp³-hybridized carbons (Fsp3) is 0.111. The topological polar surface area (TPSA) is 113 Å². The largest absolute Gasteiger partial charge is 0.321 e. The Morgan fingerprint density at radius 3 is 2.35 bits per heavy atom. The van der Waals surface area contributed by atoms with Crippen molar-refractivity contribution >= 4 is 28.1 Å². The Balaban J connectivity index is 2.53. The van der Waals surface area contributed by atoms with Gasteiger partial charge in [-0.3, -0.25) is 9.35 Å². The van der Waals surface area contributed by atoms with Crippen LogP contribution in [0.1, 0.15) is 10.4 Å². The molecule has 0 atom stereocenters. The minimum Gasteiger partial charge on any atom is -0.321 e. The minimum atomic E-state index is -4.24. The summed E-state index contributed by atoms with van der Waals surface area (Å²) in [7, 11) is -4.24. The van der Waals surface area contributed by atoms with Crippen LogP contribution in [0.15, 0.2) is 24.3 Å². The summed E-state index contributed by atoms with van der Waals surface area (Å²) in [6.45, 7) is 0. The maximum Gasteiger partial charge on any atom is 0.320 e. The third-order valence-electron chi connectivity index (χ3n) is 1.72. The lowest BCUT2D eigenvalue weighted by Gasteiger charge is -2.06. The maximum atomic E-state index is 11.1. The van der Waals surface area contributed by atoms with E-state index in [-0.39, 0.29) is 0 Å². The van der Waals surface area contributed by atoms with E-state index in [0.29, 0.717) is 17.5 Å². The van der Waals surface area contributed by atoms with Gasteiger partial charge >= 0.3 is 6.03 Å². The van der Waals surface area contributed by atoms with Crippen LogP contribution in [-0.2, 0) is 10.1 Å². The number of urea groups is 1. The number of hydrogen-bond donors (Lipinski definition) is 3. The molecule has 0 saturated carbocycles. The van der Waals surface area contributed by atoms with Gasteiger partial charge in [0.2, 0.25) is 0 Å². The molecule has 0 unspecified atom stereocenters. The van der Waals surface area contributed by atoms with E-state index in [4.69, 9.17) is 4.55 Å². The molecule has 7 nitrogen and oxygen atoms in total. The summed E-state index contributed by atoms with van der Waals surface area (Å²) >= 11 is 0. The Bertz CT molecular complexity index is 509. The third-order valence-corrected chi connectivity index (χ3v) is 2.23. The SMILES string of the molecule is O=Cc1ccc(NC(=O)NCS(=O)(=O)O)cc1. The standard InChI is InChI=1S/C9H10N2O5S/c12-5-7-1-3-8(4-2-7)11-9(13)10-6-17(14,15)16/h1-5H,6H2,(H2,10,11,13)(H,14,15,16). The molecule has 1 rings (SSSR count). The van der Waals surface area contributed by atoms with Crippen molar-refractivity contribution in [1.29, 1.82) is 0 Å². The molecule has 92 valence electrons. The Hall–Kier alpha value is -1.93. The summed E-state index contributed by atoms with van der Waals surface area (Å²) in [5, 5.41) is 4.27. The van der Waals surface area contributed by atoms with E-state index < -0.39 is 22.0 Å². The van der Waals surface area contributed by atoms with Gasteiger partial charge in [0.15, 0.2) is 0 Å². The highest BCUT2D eigenvalue weighted by atomic mass is 32.2. The molecule has 1 aromatic carbocycles. The van der Waals surface area contributed by atoms with E-state index >= 15 is 0 Å². The number of carbonyl (C=O) groups is 2. The lowest BCUT2D eigenvalue weighted by molar-refractivity contribution is 0.112. The third kappa shape index (κ3) is 5.09. The molecular weight excluding hydrogens is 248 g/mol. The Labute approximate surface area is 97.6 Å². The molecule has 0 fully saturated rings. The minimum absolute atomic E-state index is 0.392. The van der Waals surface area contributed by atoms with Gasteiger partial charge in [-0.1, -0.05) is 0 Å². The highest BCUT2D eigenvalue weighted by Crippen LogP contribution is 2.07. The molecule has 1 aromatic rings. The average Bonchev–Trinajstić information content (AvgIpc) is 2.27. The highest BCUT2D eigenvalue weighted by Gasteiger charge is 2.07. The van der Waals surface area contributed by atoms with Crippen molar-refractivity contribution in [3.63, 3.8) is 0 Å². The molecule has 0 heterocycles. The van der Waals surface area contributed by atoms with Crippen LogP contribution < -0.4 is 10.6 Å². The zero-order valence-corrected chi connectivity index (χ0v) is 9.40. The molecule has 17 heavy (non-hydrogen) atoms. The van der Waals surface area contributed by atoms with Gasteiger partial charge in [0.25, 0.3) is 10.1 Å². The monoisotopic (exact) mass is 258 g/mol. The van der Waals surface area contributed by atoms with Crippen molar-refractivity contribution in [3.05, 3.63) is 29.8 Å². The molecule has 3 N–H and O–H groups in total. The average molecular weight is 258 g/mol. The number of benzene rings is 1. The van der Waals surface area contributed by atoms with Crippen LogP contribution in [0.3, 0.4) is 0 Å². The first-order valence-electron chi connectivity index (χ1n) is 4.46. The molecule has 8 heteroatoms. The Morgan fingerprint density at radius 1 is 1.29 bits per heavy atom. The van der Waals surface area contributed by atoms with Crippen LogP contribution in [0.4, 0.5) is 10.5 Å². The summed E-state index contributed by atoms with van der Waals surface area (Å²) in [6, 6.07) is 5.17. The Morgan fingerprint density at radius 2 is 1.88 bits per heavy atom. The predicted octanol–water partition coefficient (Wildman–Crippen LogP) is 0.466. The van der Waals surface area contributed by atoms with E-state index in [9.17, 15) is 18.0 Å². The van der Waals surface area contributed by atoms with Gasteiger partial charge in [-0.25, -0.2) is 4.79 Å². The lowest BCUT2D eigenvalue weighted by atomic mass is 10.2. The molecule has 0 bridgehead atoms. The summed E-state index contributed by atoms with van der Waals surface area (Å²) in [4.78, 5) is 21.5. The van der Waals surface area contributed by atoms with Crippen LogP contribution in [0.2, 0.25) is 0 Å². The fourth-order valence-corrected chi connectivity index (χ4v) is 1.29. The van der Waals surface area contributed by atoms with Crippen LogP contribution in [0, 0.1) is 0 Å². The smallest absolute Gasteiger partial charge is 0.320 e. The summed E-state index contributed by atoms with van der Waals surface area (Å²) < 4.78 is 29.1. The molecule has 0 spiro atoms. The quantitative estimate of drug-likeness (QED) is 0.536. The van der Waals surface area contributed by atoms with Crippen LogP contribution in [0.5, 0.6) is 0 Å². The molecule has 0 aliphatic heterocycles. The molecule has 0 aliphatic carbocycles. The van der Waals surface area contributed by atoms with Crippen LogP contribution in [0.25, 0.3) is 0 Å². The fourth-order valence-electron chi connectivity index (χ4n) is 0.977. The number of amides is 2. The van der Waals surface area contributed by atoms with Crippen LogP contribution in [-0.4, -0.2) is 31.2 Å². The molecule has 0 radical (unpaired) electrons. The van der Waals surface area contributed by atoms with Crippen molar-refractivity contribution < 1.29 is 22.6 Å². The van der Waals surface area contributed by atoms with Crippen molar-refractivity contribution in [2.45, 2.75) is 0 Å². The number of hydrogen-bond acceptors (Lipinski definition) is 4. The molecule has 0 aliphatic rings. The summed E-state index contributed by atoms with van der Waals surface area (Å²) in [5.41, 5.74) is 0.845. The van der Waals surface area contributed by atoms with Crippen molar-refractivity contribution in [1.82, 2.24) is 5.32 Å². The van der Waals surface area contributed by atoms with Crippen molar-refractivity contribution in [2.75, 3.05) is 11.2 Å². The number of rotatable bonds is 4. The normalized spacial score (nSPS) is 10.6. The molecule has 0 saturated heterocycles. The first kappa shape index (κ1) is 13.1. The Kier molecular flexibility index (Phi) is 4.18. The van der Waals surface area contributed by atoms with Gasteiger partial charge in [-0.15, -0.1) is 0 Å². The van der Waals surface area contributed by atoms with Crippen molar-refractivity contribution in [3.8, 4) is 0 Å². The molecule has 2 amide bonds. The highest BCUT2D eigenvalue weighted by molar-refractivity contribution is 7.85. The maximum absolute atomic E-state index is 11.1. The first-order valence-corrected chi connectivity index (χ1v) is 6.07. The second-order valence-corrected chi connectivity index (χ2v) is 4.55. The van der Waals surface area contributed by atoms with Gasteiger partial charge in [0, 0.05) is 11.3 Å². The van der Waals surface area contributed by atoms with E-state index in [1.165, 1.54) is 24.3 Å². The van der Waals surface area contributed by atoms with Gasteiger partial charge < -0.3 is 10.6 Å². The zero-order valence-electron chi connectivity index (χ0n) is 8.58. The number of carbonyl (C=O) groups excluding carboxylic acids is 2. The summed E-state index contributed by atoms with van der Waals surface area (Å²) in [5.74, 6) is -0.870. The van der Waals surface area contributed by atoms with Crippen molar-refractivity contribution in [2.24, 2.45) is 0 Å².